The van der Waals surface area contributed by atoms with Crippen molar-refractivity contribution >= 4 is 29.3 Å². The Bertz CT molecular complexity index is 497. The Morgan fingerprint density at radius 2 is 2.15 bits per heavy atom. The molecule has 3 N–H and O–H groups in total. The summed E-state index contributed by atoms with van der Waals surface area (Å²) in [5.41, 5.74) is -0.0634. The number of benzene rings is 1. The molecule has 0 saturated carbocycles. The number of anilines is 1. The summed E-state index contributed by atoms with van der Waals surface area (Å²) in [7, 11) is 0. The molecule has 1 aromatic rings. The summed E-state index contributed by atoms with van der Waals surface area (Å²) >= 11 is 5.59. The van der Waals surface area contributed by atoms with E-state index in [0.29, 0.717) is 12.8 Å². The topological polar surface area (TPSA) is 78.4 Å². The molecule has 0 aliphatic heterocycles. The summed E-state index contributed by atoms with van der Waals surface area (Å²) in [5, 5.41) is 13.7. The van der Waals surface area contributed by atoms with Gasteiger partial charge in [-0.2, -0.15) is 0 Å². The molecule has 0 aliphatic carbocycles. The number of carbonyl (C=O) groups is 2. The number of halogens is 2. The highest BCUT2D eigenvalue weighted by Gasteiger charge is 2.19. The van der Waals surface area contributed by atoms with E-state index in [-0.39, 0.29) is 10.7 Å². The third kappa shape index (κ3) is 5.05. The van der Waals surface area contributed by atoms with Gasteiger partial charge in [0.25, 0.3) is 0 Å². The van der Waals surface area contributed by atoms with Crippen LogP contribution in [0, 0.1) is 5.82 Å². The van der Waals surface area contributed by atoms with Gasteiger partial charge in [0.15, 0.2) is 0 Å². The normalized spacial score (nSPS) is 11.8. The van der Waals surface area contributed by atoms with Crippen LogP contribution < -0.4 is 10.6 Å². The van der Waals surface area contributed by atoms with Gasteiger partial charge >= 0.3 is 12.0 Å². The molecular formula is C13H16ClFN2O3. The lowest BCUT2D eigenvalue weighted by Crippen LogP contribution is -2.43. The van der Waals surface area contributed by atoms with Crippen LogP contribution in [0.4, 0.5) is 14.9 Å². The van der Waals surface area contributed by atoms with Crippen molar-refractivity contribution in [2.24, 2.45) is 0 Å². The summed E-state index contributed by atoms with van der Waals surface area (Å²) in [5.74, 6) is -1.81. The number of nitrogens with one attached hydrogen (secondary N) is 2. The molecule has 5 nitrogen and oxygen atoms in total. The van der Waals surface area contributed by atoms with Crippen molar-refractivity contribution in [2.45, 2.75) is 32.2 Å². The molecule has 0 heterocycles. The summed E-state index contributed by atoms with van der Waals surface area (Å²) in [6.45, 7) is 1.92. The Morgan fingerprint density at radius 1 is 1.45 bits per heavy atom. The maximum Gasteiger partial charge on any atom is 0.326 e. The van der Waals surface area contributed by atoms with Crippen LogP contribution in [0.25, 0.3) is 0 Å². The van der Waals surface area contributed by atoms with Gasteiger partial charge in [0.1, 0.15) is 11.9 Å². The van der Waals surface area contributed by atoms with Crippen LogP contribution in [-0.4, -0.2) is 23.1 Å². The molecule has 1 rings (SSSR count). The molecule has 0 spiro atoms. The van der Waals surface area contributed by atoms with Crippen LogP contribution >= 0.6 is 11.6 Å². The number of hydrogen-bond acceptors (Lipinski definition) is 2. The molecule has 7 heteroatoms. The van der Waals surface area contributed by atoms with Crippen molar-refractivity contribution in [1.82, 2.24) is 5.32 Å². The zero-order chi connectivity index (χ0) is 15.1. The minimum absolute atomic E-state index is 0.0634. The van der Waals surface area contributed by atoms with Gasteiger partial charge in [-0.15, -0.1) is 0 Å². The van der Waals surface area contributed by atoms with E-state index < -0.39 is 23.9 Å². The second-order valence-electron chi connectivity index (χ2n) is 4.26. The van der Waals surface area contributed by atoms with Crippen LogP contribution in [0.5, 0.6) is 0 Å². The molecule has 0 unspecified atom stereocenters. The van der Waals surface area contributed by atoms with E-state index in [0.717, 1.165) is 12.5 Å². The van der Waals surface area contributed by atoms with Gasteiger partial charge in [-0.1, -0.05) is 31.4 Å². The number of aliphatic carboxylic acids is 1. The average molecular weight is 303 g/mol. The molecule has 110 valence electrons. The number of hydrogen-bond donors (Lipinski definition) is 3. The van der Waals surface area contributed by atoms with E-state index in [9.17, 15) is 14.0 Å². The Balaban J connectivity index is 2.63. The molecule has 1 atom stereocenters. The van der Waals surface area contributed by atoms with Gasteiger partial charge in [0.2, 0.25) is 0 Å². The lowest BCUT2D eigenvalue weighted by molar-refractivity contribution is -0.139. The van der Waals surface area contributed by atoms with Gasteiger partial charge in [0.05, 0.1) is 5.69 Å². The molecular weight excluding hydrogens is 287 g/mol. The first-order chi connectivity index (χ1) is 9.43. The van der Waals surface area contributed by atoms with E-state index in [1.807, 2.05) is 6.92 Å². The highest BCUT2D eigenvalue weighted by atomic mass is 35.5. The van der Waals surface area contributed by atoms with Gasteiger partial charge in [0, 0.05) is 5.02 Å². The lowest BCUT2D eigenvalue weighted by atomic mass is 10.1. The largest absolute Gasteiger partial charge is 0.480 e. The second-order valence-corrected chi connectivity index (χ2v) is 4.69. The fraction of sp³-hybridized carbons (Fsp3) is 0.385. The number of carboxylic acids is 1. The first kappa shape index (κ1) is 16.2. The maximum atomic E-state index is 13.5. The van der Waals surface area contributed by atoms with Crippen LogP contribution in [0.1, 0.15) is 26.2 Å². The van der Waals surface area contributed by atoms with Crippen molar-refractivity contribution in [3.8, 4) is 0 Å². The molecule has 0 bridgehead atoms. The Morgan fingerprint density at radius 3 is 2.70 bits per heavy atom. The summed E-state index contributed by atoms with van der Waals surface area (Å²) in [6, 6.07) is 2.02. The average Bonchev–Trinajstić information content (AvgIpc) is 2.37. The standard InChI is InChI=1S/C13H16ClFN2O3/c1-2-3-4-11(12(18)19)17-13(20)16-10-6-5-8(14)7-9(10)15/h5-7,11H,2-4H2,1H3,(H,18,19)(H2,16,17,20)/t11-/m0/s1. The van der Waals surface area contributed by atoms with Crippen LogP contribution in [0.3, 0.4) is 0 Å². The number of amides is 2. The second kappa shape index (κ2) is 7.69. The number of rotatable bonds is 6. The van der Waals surface area contributed by atoms with E-state index in [1.54, 1.807) is 0 Å². The third-order valence-electron chi connectivity index (χ3n) is 2.63. The van der Waals surface area contributed by atoms with E-state index in [4.69, 9.17) is 16.7 Å². The van der Waals surface area contributed by atoms with Crippen LogP contribution in [0.2, 0.25) is 5.02 Å². The first-order valence-electron chi connectivity index (χ1n) is 6.19. The Labute approximate surface area is 121 Å². The summed E-state index contributed by atoms with van der Waals surface area (Å²) < 4.78 is 13.5. The smallest absolute Gasteiger partial charge is 0.326 e. The van der Waals surface area contributed by atoms with Gasteiger partial charge in [-0.25, -0.2) is 14.0 Å². The molecule has 0 aromatic heterocycles. The van der Waals surface area contributed by atoms with Crippen molar-refractivity contribution < 1.29 is 19.1 Å². The van der Waals surface area contributed by atoms with Gasteiger partial charge in [-0.05, 0) is 24.6 Å². The third-order valence-corrected chi connectivity index (χ3v) is 2.86. The fourth-order valence-electron chi connectivity index (χ4n) is 1.57. The molecule has 20 heavy (non-hydrogen) atoms. The first-order valence-corrected chi connectivity index (χ1v) is 6.57. The van der Waals surface area contributed by atoms with Crippen molar-refractivity contribution in [3.05, 3.63) is 29.0 Å². The number of carboxylic acid groups (broad SMARTS) is 1. The van der Waals surface area contributed by atoms with Gasteiger partial charge in [-0.3, -0.25) is 0 Å². The minimum atomic E-state index is -1.12. The van der Waals surface area contributed by atoms with Crippen LogP contribution in [0.15, 0.2) is 18.2 Å². The number of urea groups is 1. The number of unbranched alkanes of at least 4 members (excludes halogenated alkanes) is 1. The molecule has 0 radical (unpaired) electrons. The van der Waals surface area contributed by atoms with Crippen LogP contribution in [-0.2, 0) is 4.79 Å². The maximum absolute atomic E-state index is 13.5. The zero-order valence-electron chi connectivity index (χ0n) is 11.0. The quantitative estimate of drug-likeness (QED) is 0.755. The Hall–Kier alpha value is -1.82. The molecule has 0 aliphatic rings. The molecule has 0 fully saturated rings. The Kier molecular flexibility index (Phi) is 6.24. The molecule has 0 saturated heterocycles. The van der Waals surface area contributed by atoms with E-state index >= 15 is 0 Å². The lowest BCUT2D eigenvalue weighted by Gasteiger charge is -2.15. The predicted molar refractivity (Wildman–Crippen MR) is 74.5 cm³/mol. The SMILES string of the molecule is CCCC[C@H](NC(=O)Nc1ccc(Cl)cc1F)C(=O)O. The summed E-state index contributed by atoms with van der Waals surface area (Å²) in [6.07, 6.45) is 1.81. The highest BCUT2D eigenvalue weighted by molar-refractivity contribution is 6.30. The predicted octanol–water partition coefficient (Wildman–Crippen LogP) is 3.24. The van der Waals surface area contributed by atoms with E-state index in [1.165, 1.54) is 12.1 Å². The van der Waals surface area contributed by atoms with Crippen molar-refractivity contribution in [1.29, 1.82) is 0 Å². The van der Waals surface area contributed by atoms with Gasteiger partial charge < -0.3 is 15.7 Å². The minimum Gasteiger partial charge on any atom is -0.480 e. The number of carbonyl (C=O) groups excluding carboxylic acids is 1. The van der Waals surface area contributed by atoms with Crippen molar-refractivity contribution in [3.63, 3.8) is 0 Å². The molecule has 2 amide bonds. The zero-order valence-corrected chi connectivity index (χ0v) is 11.7. The van der Waals surface area contributed by atoms with E-state index in [2.05, 4.69) is 10.6 Å². The monoisotopic (exact) mass is 302 g/mol. The van der Waals surface area contributed by atoms with Crippen molar-refractivity contribution in [2.75, 3.05) is 5.32 Å². The highest BCUT2D eigenvalue weighted by Crippen LogP contribution is 2.18. The fourth-order valence-corrected chi connectivity index (χ4v) is 1.73. The molecule has 1 aromatic carbocycles. The summed E-state index contributed by atoms with van der Waals surface area (Å²) in [4.78, 5) is 22.6.